The first kappa shape index (κ1) is 50.7. The lowest BCUT2D eigenvalue weighted by Gasteiger charge is -2.73. The molecule has 7 rings (SSSR count). The van der Waals surface area contributed by atoms with Crippen molar-refractivity contribution in [2.75, 3.05) is 13.2 Å². The van der Waals surface area contributed by atoms with Crippen molar-refractivity contribution in [2.24, 2.45) is 73.1 Å². The number of esters is 3. The fourth-order valence-corrected chi connectivity index (χ4v) is 15.7. The normalized spacial score (nSPS) is 37.5. The van der Waals surface area contributed by atoms with Crippen LogP contribution in [0.15, 0.2) is 20.9 Å². The number of nitrogens with zero attached hydrogens (tertiary/aromatic N) is 4. The Morgan fingerprint density at radius 3 is 2.36 bits per heavy atom. The average molecular weight is 936 g/mol. The van der Waals surface area contributed by atoms with E-state index in [-0.39, 0.29) is 77.9 Å². The Bertz CT molecular complexity index is 2250. The molecule has 0 aromatic carbocycles. The number of carbonyl (C=O) groups excluding carboxylic acids is 3. The average Bonchev–Trinajstić information content (AvgIpc) is 3.83. The molecule has 372 valence electrons. The smallest absolute Gasteiger partial charge is 0.330 e. The maximum absolute atomic E-state index is 14.1. The van der Waals surface area contributed by atoms with Crippen molar-refractivity contribution in [3.8, 4) is 0 Å². The lowest BCUT2D eigenvalue weighted by Crippen LogP contribution is -2.67. The number of carboxylic acid groups (broad SMARTS) is 1. The van der Waals surface area contributed by atoms with Crippen molar-refractivity contribution in [1.82, 2.24) is 9.55 Å². The third kappa shape index (κ3) is 9.11. The van der Waals surface area contributed by atoms with Gasteiger partial charge in [0.1, 0.15) is 25.0 Å². The molecule has 5 saturated carbocycles. The summed E-state index contributed by atoms with van der Waals surface area (Å²) in [6.07, 6.45) is 10.2. The summed E-state index contributed by atoms with van der Waals surface area (Å²) in [7, 11) is 0. The van der Waals surface area contributed by atoms with Gasteiger partial charge in [0, 0.05) is 46.8 Å². The summed E-state index contributed by atoms with van der Waals surface area (Å²) in [4.78, 5) is 81.1. The number of aromatic amines is 1. The Labute approximate surface area is 395 Å². The zero-order chi connectivity index (χ0) is 49.1. The van der Waals surface area contributed by atoms with Gasteiger partial charge in [-0.1, -0.05) is 53.6 Å². The largest absolute Gasteiger partial charge is 0.481 e. The molecule has 1 aliphatic heterocycles. The third-order valence-corrected chi connectivity index (χ3v) is 19.4. The van der Waals surface area contributed by atoms with Crippen LogP contribution < -0.4 is 11.2 Å². The van der Waals surface area contributed by atoms with Crippen molar-refractivity contribution in [3.63, 3.8) is 0 Å². The van der Waals surface area contributed by atoms with Gasteiger partial charge < -0.3 is 24.1 Å². The molecule has 5 aliphatic carbocycles. The zero-order valence-electron chi connectivity index (χ0n) is 41.7. The van der Waals surface area contributed by atoms with E-state index in [0.717, 1.165) is 64.2 Å². The molecule has 1 saturated heterocycles. The van der Waals surface area contributed by atoms with Crippen molar-refractivity contribution < 1.29 is 43.2 Å². The second kappa shape index (κ2) is 18.6. The van der Waals surface area contributed by atoms with E-state index in [1.165, 1.54) is 10.8 Å². The van der Waals surface area contributed by atoms with E-state index >= 15 is 0 Å². The number of aromatic nitrogens is 2. The summed E-state index contributed by atoms with van der Waals surface area (Å²) in [6, 6.07) is -0.739. The van der Waals surface area contributed by atoms with Crippen LogP contribution in [0.5, 0.6) is 0 Å². The highest BCUT2D eigenvalue weighted by molar-refractivity contribution is 5.82. The number of nitrogens with one attached hydrogen (secondary N) is 1. The highest BCUT2D eigenvalue weighted by Crippen LogP contribution is 2.77. The predicted octanol–water partition coefficient (Wildman–Crippen LogP) is 9.22. The van der Waals surface area contributed by atoms with Gasteiger partial charge in [-0.3, -0.25) is 33.5 Å². The van der Waals surface area contributed by atoms with Crippen molar-refractivity contribution >= 4 is 23.9 Å². The Balaban J connectivity index is 1.00. The molecule has 16 nitrogen and oxygen atoms in total. The first-order valence-corrected chi connectivity index (χ1v) is 25.1. The summed E-state index contributed by atoms with van der Waals surface area (Å²) < 4.78 is 25.4. The molecule has 6 aliphatic rings. The molecule has 6 fully saturated rings. The number of fused-ring (bicyclic) bond motifs is 7. The summed E-state index contributed by atoms with van der Waals surface area (Å²) in [6.45, 7) is 22.0. The minimum atomic E-state index is -1.18. The highest BCUT2D eigenvalue weighted by atomic mass is 16.6. The second-order valence-electron chi connectivity index (χ2n) is 24.0. The molecule has 1 aromatic rings. The molecule has 1 aromatic heterocycles. The van der Waals surface area contributed by atoms with Gasteiger partial charge in [-0.25, -0.2) is 4.79 Å². The van der Waals surface area contributed by atoms with Gasteiger partial charge in [0.15, 0.2) is 0 Å². The molecule has 13 atom stereocenters. The number of hydrogen-bond donors (Lipinski definition) is 2. The SMILES string of the molecule is Cc1cn([C@H]2C[C@H](N=[N+]=[N-])[C@@H](COC(=O)CC(C)(C)C(=O)OC[C@]34CC[C@@H](C(C)C)[C@@H]3[C@H]3CC[C@@H]5[C@@]6(C)CC[C@H](OC(=O)CCCC(=O)O)C(C)(C)[C@@H]6CC[C@@]5(C)[C@]3(C)CC4)O2)c(=O)[nH]c1=O. The number of carboxylic acids is 1. The van der Waals surface area contributed by atoms with Crippen LogP contribution in [0.2, 0.25) is 0 Å². The van der Waals surface area contributed by atoms with Gasteiger partial charge >= 0.3 is 29.6 Å². The molecule has 0 unspecified atom stereocenters. The summed E-state index contributed by atoms with van der Waals surface area (Å²) in [5.41, 5.74) is 7.10. The summed E-state index contributed by atoms with van der Waals surface area (Å²) >= 11 is 0. The lowest BCUT2D eigenvalue weighted by atomic mass is 9.32. The molecule has 2 heterocycles. The zero-order valence-corrected chi connectivity index (χ0v) is 41.7. The molecule has 0 amide bonds. The number of H-pyrrole nitrogens is 1. The van der Waals surface area contributed by atoms with Gasteiger partial charge in [-0.15, -0.1) is 0 Å². The second-order valence-corrected chi connectivity index (χ2v) is 24.0. The van der Waals surface area contributed by atoms with Crippen LogP contribution in [0.3, 0.4) is 0 Å². The van der Waals surface area contributed by atoms with E-state index < -0.39 is 52.9 Å². The van der Waals surface area contributed by atoms with E-state index in [4.69, 9.17) is 24.1 Å². The van der Waals surface area contributed by atoms with Crippen molar-refractivity contribution in [3.05, 3.63) is 43.0 Å². The molecular formula is C51H77N5O11. The minimum absolute atomic E-state index is 0.0372. The number of carbonyl (C=O) groups is 4. The molecule has 2 N–H and O–H groups in total. The van der Waals surface area contributed by atoms with Gasteiger partial charge in [0.2, 0.25) is 0 Å². The van der Waals surface area contributed by atoms with Crippen LogP contribution in [0, 0.1) is 74.9 Å². The number of aliphatic carboxylic acids is 1. The predicted molar refractivity (Wildman–Crippen MR) is 248 cm³/mol. The maximum Gasteiger partial charge on any atom is 0.330 e. The number of ether oxygens (including phenoxy) is 4. The molecule has 16 heteroatoms. The van der Waals surface area contributed by atoms with E-state index in [2.05, 4.69) is 63.5 Å². The number of hydrogen-bond acceptors (Lipinski definition) is 11. The number of aryl methyl sites for hydroxylation is 1. The van der Waals surface area contributed by atoms with Crippen LogP contribution in [-0.2, 0) is 38.1 Å². The maximum atomic E-state index is 14.1. The fourth-order valence-electron chi connectivity index (χ4n) is 15.7. The fraction of sp³-hybridized carbons (Fsp3) is 0.843. The van der Waals surface area contributed by atoms with Gasteiger partial charge in [-0.2, -0.15) is 0 Å². The van der Waals surface area contributed by atoms with Crippen molar-refractivity contribution in [2.45, 2.75) is 190 Å². The highest BCUT2D eigenvalue weighted by Gasteiger charge is 2.71. The van der Waals surface area contributed by atoms with Crippen LogP contribution in [0.4, 0.5) is 0 Å². The first-order valence-electron chi connectivity index (χ1n) is 25.1. The minimum Gasteiger partial charge on any atom is -0.481 e. The monoisotopic (exact) mass is 936 g/mol. The number of rotatable bonds is 15. The molecule has 0 spiro atoms. The third-order valence-electron chi connectivity index (χ3n) is 19.4. The van der Waals surface area contributed by atoms with E-state index in [1.54, 1.807) is 20.8 Å². The quantitative estimate of drug-likeness (QED) is 0.0553. The number of azide groups is 1. The first-order chi connectivity index (χ1) is 31.3. The standard InChI is InChI=1S/C51H77N5O11/c1-29(2)31-16-21-51(28-65-44(62)46(4,5)25-41(60)64-27-34-33(54-55-52)24-38(66-34)56-26-30(3)43(61)53-45(56)63)23-22-49(9)32(42(31)51)14-15-36-48(8)19-18-37(67-40(59)13-11-12-39(57)58)47(6,7)35(48)17-20-50(36,49)10/h26,29,31-38,42H,11-25,27-28H2,1-10H3,(H,57,58)(H,53,61,63)/t31-,32+,33-,34+,35-,36+,37-,38+,42+,48-,49+,50+,51+/m0/s1. The lowest BCUT2D eigenvalue weighted by molar-refractivity contribution is -0.254. The Kier molecular flexibility index (Phi) is 14.1. The van der Waals surface area contributed by atoms with Gasteiger partial charge in [-0.05, 0) is 149 Å². The van der Waals surface area contributed by atoms with E-state index in [0.29, 0.717) is 47.7 Å². The topological polar surface area (TPSA) is 229 Å². The van der Waals surface area contributed by atoms with Gasteiger partial charge in [0.25, 0.3) is 5.56 Å². The van der Waals surface area contributed by atoms with Crippen LogP contribution in [0.1, 0.15) is 170 Å². The Morgan fingerprint density at radius 2 is 1.67 bits per heavy atom. The van der Waals surface area contributed by atoms with Crippen LogP contribution >= 0.6 is 0 Å². The van der Waals surface area contributed by atoms with Crippen LogP contribution in [0.25, 0.3) is 10.4 Å². The van der Waals surface area contributed by atoms with E-state index in [1.807, 2.05) is 0 Å². The molecular weight excluding hydrogens is 859 g/mol. The van der Waals surface area contributed by atoms with Gasteiger partial charge in [0.05, 0.1) is 24.5 Å². The summed E-state index contributed by atoms with van der Waals surface area (Å²) in [5.74, 6) is 0.525. The Morgan fingerprint density at radius 1 is 0.940 bits per heavy atom. The molecule has 0 bridgehead atoms. The Hall–Kier alpha value is -4.17. The van der Waals surface area contributed by atoms with Crippen molar-refractivity contribution in [1.29, 1.82) is 0 Å². The summed E-state index contributed by atoms with van der Waals surface area (Å²) in [5, 5.41) is 12.9. The van der Waals surface area contributed by atoms with Crippen LogP contribution in [-0.4, -0.2) is 70.0 Å². The molecule has 67 heavy (non-hydrogen) atoms. The molecule has 0 radical (unpaired) electrons. The van der Waals surface area contributed by atoms with E-state index in [9.17, 15) is 34.3 Å².